The van der Waals surface area contributed by atoms with Crippen molar-refractivity contribution in [1.29, 1.82) is 0 Å². The Labute approximate surface area is 314 Å². The molecule has 0 unspecified atom stereocenters. The molecule has 2 amide bonds. The zero-order valence-electron chi connectivity index (χ0n) is 31.0. The van der Waals surface area contributed by atoms with Crippen LogP contribution in [0.2, 0.25) is 0 Å². The molecule has 5 aromatic rings. The van der Waals surface area contributed by atoms with Crippen LogP contribution in [-0.4, -0.2) is 110 Å². The second kappa shape index (κ2) is 16.5. The minimum atomic E-state index is -1.36. The van der Waals surface area contributed by atoms with Crippen molar-refractivity contribution in [3.63, 3.8) is 0 Å². The number of benzene rings is 2. The van der Waals surface area contributed by atoms with Crippen LogP contribution in [0.15, 0.2) is 67.0 Å². The number of anilines is 1. The molecule has 2 aromatic carbocycles. The molecular formula is C38H50N12O4. The van der Waals surface area contributed by atoms with Crippen molar-refractivity contribution in [2.75, 3.05) is 25.0 Å². The van der Waals surface area contributed by atoms with Crippen LogP contribution in [0.1, 0.15) is 87.5 Å². The lowest BCUT2D eigenvalue weighted by Gasteiger charge is -2.34. The highest BCUT2D eigenvalue weighted by Gasteiger charge is 2.47. The van der Waals surface area contributed by atoms with Crippen molar-refractivity contribution in [3.8, 4) is 0 Å². The number of imidazole rings is 1. The number of carbonyl (C=O) groups excluding carboxylic acids is 1. The van der Waals surface area contributed by atoms with Gasteiger partial charge in [0, 0.05) is 37.6 Å². The molecule has 0 bridgehead atoms. The fourth-order valence-electron chi connectivity index (χ4n) is 7.72. The largest absolute Gasteiger partial charge is 0.387 e. The van der Waals surface area contributed by atoms with Crippen molar-refractivity contribution in [3.05, 3.63) is 89.8 Å². The minimum Gasteiger partial charge on any atom is -0.387 e. The lowest BCUT2D eigenvalue weighted by atomic mass is 9.91. The number of fused-ring (bicyclic) bond motifs is 1. The maximum atomic E-state index is 12.9. The van der Waals surface area contributed by atoms with Crippen LogP contribution in [0.4, 0.5) is 10.6 Å². The average Bonchev–Trinajstić information content (AvgIpc) is 4.01. The van der Waals surface area contributed by atoms with Crippen LogP contribution in [0.3, 0.4) is 0 Å². The van der Waals surface area contributed by atoms with E-state index in [2.05, 4.69) is 68.7 Å². The summed E-state index contributed by atoms with van der Waals surface area (Å²) < 4.78 is 7.78. The number of ether oxygens (including phenoxy) is 1. The highest BCUT2D eigenvalue weighted by atomic mass is 16.6. The third kappa shape index (κ3) is 7.92. The lowest BCUT2D eigenvalue weighted by Crippen LogP contribution is -2.46. The van der Waals surface area contributed by atoms with Gasteiger partial charge in [0.1, 0.15) is 12.2 Å². The van der Waals surface area contributed by atoms with Gasteiger partial charge in [0.15, 0.2) is 35.1 Å². The van der Waals surface area contributed by atoms with Gasteiger partial charge in [-0.1, -0.05) is 73.5 Å². The average molecular weight is 739 g/mol. The number of nitrogens with one attached hydrogen (secondary N) is 1. The molecule has 2 fully saturated rings. The Hall–Kier alpha value is -5.03. The van der Waals surface area contributed by atoms with Crippen molar-refractivity contribution in [2.24, 2.45) is 5.73 Å². The van der Waals surface area contributed by atoms with Crippen LogP contribution in [0, 0.1) is 0 Å². The van der Waals surface area contributed by atoms with Gasteiger partial charge in [0.2, 0.25) is 5.82 Å². The number of nitrogens with two attached hydrogens (primary N) is 1. The van der Waals surface area contributed by atoms with Gasteiger partial charge < -0.3 is 30.9 Å². The first kappa shape index (κ1) is 37.3. The summed E-state index contributed by atoms with van der Waals surface area (Å²) in [5.41, 5.74) is 9.01. The van der Waals surface area contributed by atoms with Gasteiger partial charge in [0.05, 0.1) is 19.4 Å². The van der Waals surface area contributed by atoms with Gasteiger partial charge in [-0.15, -0.1) is 10.2 Å². The smallest absolute Gasteiger partial charge is 0.315 e. The van der Waals surface area contributed by atoms with Gasteiger partial charge in [-0.3, -0.25) is 9.47 Å². The van der Waals surface area contributed by atoms with Crippen LogP contribution < -0.4 is 11.1 Å². The number of rotatable bonds is 15. The van der Waals surface area contributed by atoms with E-state index in [0.717, 1.165) is 24.0 Å². The molecule has 1 saturated carbocycles. The summed E-state index contributed by atoms with van der Waals surface area (Å²) in [6.45, 7) is 8.31. The first-order chi connectivity index (χ1) is 26.2. The molecule has 16 heteroatoms. The second-order valence-corrected chi connectivity index (χ2v) is 14.4. The van der Waals surface area contributed by atoms with E-state index in [1.165, 1.54) is 24.0 Å². The number of tetrazole rings is 1. The van der Waals surface area contributed by atoms with Gasteiger partial charge in [-0.2, -0.15) is 4.80 Å². The summed E-state index contributed by atoms with van der Waals surface area (Å²) in [5, 5.41) is 38.2. The van der Waals surface area contributed by atoms with Crippen molar-refractivity contribution in [2.45, 2.75) is 102 Å². The van der Waals surface area contributed by atoms with E-state index in [9.17, 15) is 15.0 Å². The molecule has 16 nitrogen and oxygen atoms in total. The monoisotopic (exact) mass is 738 g/mol. The van der Waals surface area contributed by atoms with Crippen LogP contribution in [-0.2, 0) is 17.8 Å². The first-order valence-electron chi connectivity index (χ1n) is 18.9. The lowest BCUT2D eigenvalue weighted by molar-refractivity contribution is -0.0384. The summed E-state index contributed by atoms with van der Waals surface area (Å²) in [6.07, 6.45) is 1.42. The number of carbonyl (C=O) groups is 1. The quantitative estimate of drug-likeness (QED) is 0.122. The number of amides is 2. The van der Waals surface area contributed by atoms with E-state index in [1.807, 2.05) is 43.3 Å². The fraction of sp³-hybridized carbons (Fsp3) is 0.500. The Kier molecular flexibility index (Phi) is 11.4. The number of aryl methyl sites for hydroxylation is 1. The normalized spacial score (nSPS) is 20.5. The predicted octanol–water partition coefficient (Wildman–Crippen LogP) is 3.60. The standard InChI is InChI=1S/C38H50N12O4/c1-4-50-45-35(44-46-50)33-31(51)32(52)37(54-33)49-23-41-30-34(40-21-28(25-13-7-5-8-14-25)26-15-9-6-10-16-26)42-29(43-36(30)49)22-47(38(39)53)19-20-48(24(2)3)27-17-11-12-18-27/h5-10,13-16,23-24,27-28,31-33,37,51-52H,4,11-12,17-22H2,1-3H3,(H2,39,53)(H,40,42,43)/t31-,32+,33-,37+/m0/s1. The molecule has 3 aromatic heterocycles. The van der Waals surface area contributed by atoms with E-state index in [0.29, 0.717) is 61.1 Å². The highest BCUT2D eigenvalue weighted by molar-refractivity contribution is 5.83. The third-order valence-electron chi connectivity index (χ3n) is 10.6. The number of aliphatic hydroxyl groups excluding tert-OH is 2. The SMILES string of the molecule is CCn1nnc([C@H]2O[C@@H](n3cnc4c(NCC(c5ccccc5)c5ccccc5)nc(CN(CCN(C(C)C)C5CCCC5)C(N)=O)nc43)[C@H](O)[C@@H]2O)n1. The molecule has 4 heterocycles. The predicted molar refractivity (Wildman–Crippen MR) is 201 cm³/mol. The number of aliphatic hydroxyl groups is 2. The Bertz CT molecular complexity index is 1940. The number of hydrogen-bond donors (Lipinski definition) is 4. The molecule has 7 rings (SSSR count). The molecule has 5 N–H and O–H groups in total. The minimum absolute atomic E-state index is 0.0254. The Balaban J connectivity index is 1.22. The number of nitrogens with zero attached hydrogens (tertiary/aromatic N) is 10. The number of aromatic nitrogens is 8. The summed E-state index contributed by atoms with van der Waals surface area (Å²) in [5.74, 6) is 0.908. The van der Waals surface area contributed by atoms with E-state index in [1.54, 1.807) is 9.47 Å². The Morgan fingerprint density at radius 3 is 2.30 bits per heavy atom. The summed E-state index contributed by atoms with van der Waals surface area (Å²) >= 11 is 0. The number of primary amides is 1. The molecule has 286 valence electrons. The Morgan fingerprint density at radius 1 is 1.00 bits per heavy atom. The molecular weight excluding hydrogens is 688 g/mol. The van der Waals surface area contributed by atoms with Crippen LogP contribution in [0.25, 0.3) is 11.2 Å². The molecule has 1 aliphatic carbocycles. The molecule has 54 heavy (non-hydrogen) atoms. The van der Waals surface area contributed by atoms with Gasteiger partial charge in [0.25, 0.3) is 0 Å². The molecule has 0 radical (unpaired) electrons. The van der Waals surface area contributed by atoms with E-state index in [-0.39, 0.29) is 18.3 Å². The molecule has 0 spiro atoms. The fourth-order valence-corrected chi connectivity index (χ4v) is 7.72. The van der Waals surface area contributed by atoms with Crippen LogP contribution >= 0.6 is 0 Å². The van der Waals surface area contributed by atoms with Crippen molar-refractivity contribution in [1.82, 2.24) is 49.5 Å². The molecule has 1 saturated heterocycles. The zero-order chi connectivity index (χ0) is 37.8. The van der Waals surface area contributed by atoms with Gasteiger partial charge in [-0.05, 0) is 50.0 Å². The maximum absolute atomic E-state index is 12.9. The van der Waals surface area contributed by atoms with Crippen molar-refractivity contribution >= 4 is 23.0 Å². The first-order valence-corrected chi connectivity index (χ1v) is 18.9. The van der Waals surface area contributed by atoms with E-state index < -0.39 is 30.6 Å². The topological polar surface area (TPSA) is 198 Å². The van der Waals surface area contributed by atoms with Crippen molar-refractivity contribution < 1.29 is 19.7 Å². The maximum Gasteiger partial charge on any atom is 0.315 e. The summed E-state index contributed by atoms with van der Waals surface area (Å²) in [6, 6.07) is 20.7. The third-order valence-corrected chi connectivity index (χ3v) is 10.6. The zero-order valence-corrected chi connectivity index (χ0v) is 31.0. The molecule has 4 atom stereocenters. The summed E-state index contributed by atoms with van der Waals surface area (Å²) in [7, 11) is 0. The molecule has 2 aliphatic rings. The van der Waals surface area contributed by atoms with E-state index in [4.69, 9.17) is 20.4 Å². The van der Waals surface area contributed by atoms with Crippen LogP contribution in [0.5, 0.6) is 0 Å². The second-order valence-electron chi connectivity index (χ2n) is 14.4. The number of hydrogen-bond acceptors (Lipinski definition) is 12. The van der Waals surface area contributed by atoms with E-state index >= 15 is 0 Å². The summed E-state index contributed by atoms with van der Waals surface area (Å²) in [4.78, 5) is 32.8. The van der Waals surface area contributed by atoms with Gasteiger partial charge in [-0.25, -0.2) is 19.7 Å². The molecule has 1 aliphatic heterocycles. The highest BCUT2D eigenvalue weighted by Crippen LogP contribution is 2.39. The van der Waals surface area contributed by atoms with Gasteiger partial charge >= 0.3 is 6.03 Å². The number of urea groups is 1. The Morgan fingerprint density at radius 2 is 1.69 bits per heavy atom.